The van der Waals surface area contributed by atoms with E-state index >= 15 is 0 Å². The standard InChI is InChI=1S/C17H16ClN3O3/c1-12(13-4-6-14(18)7-5-13)20-21-17(23)11-19-16(22)9-8-15-3-2-10-24-15/h2-10H,11H2,1H3,(H,19,22)(H,21,23)/b9-8+,20-12?. The Hall–Kier alpha value is -2.86. The van der Waals surface area contributed by atoms with E-state index in [4.69, 9.17) is 16.0 Å². The smallest absolute Gasteiger partial charge is 0.259 e. The Morgan fingerprint density at radius 1 is 1.25 bits per heavy atom. The van der Waals surface area contributed by atoms with E-state index in [0.717, 1.165) is 5.56 Å². The van der Waals surface area contributed by atoms with Crippen molar-refractivity contribution in [1.82, 2.24) is 10.7 Å². The number of rotatable bonds is 6. The molecule has 2 aromatic rings. The third kappa shape index (κ3) is 5.73. The van der Waals surface area contributed by atoms with Crippen LogP contribution >= 0.6 is 11.6 Å². The first-order valence-corrected chi connectivity index (χ1v) is 7.51. The first kappa shape index (κ1) is 17.5. The number of furan rings is 1. The molecule has 6 nitrogen and oxygen atoms in total. The molecule has 0 saturated carbocycles. The van der Waals surface area contributed by atoms with Gasteiger partial charge in [0.15, 0.2) is 0 Å². The lowest BCUT2D eigenvalue weighted by Crippen LogP contribution is -2.34. The lowest BCUT2D eigenvalue weighted by atomic mass is 10.1. The molecule has 7 heteroatoms. The summed E-state index contributed by atoms with van der Waals surface area (Å²) in [5.41, 5.74) is 3.85. The summed E-state index contributed by atoms with van der Waals surface area (Å²) in [5.74, 6) is -0.277. The minimum Gasteiger partial charge on any atom is -0.465 e. The zero-order valence-electron chi connectivity index (χ0n) is 13.0. The van der Waals surface area contributed by atoms with Crippen LogP contribution in [0.3, 0.4) is 0 Å². The molecular weight excluding hydrogens is 330 g/mol. The molecule has 0 atom stereocenters. The van der Waals surface area contributed by atoms with Gasteiger partial charge in [-0.25, -0.2) is 5.43 Å². The Bertz CT molecular complexity index is 750. The van der Waals surface area contributed by atoms with Gasteiger partial charge in [-0.15, -0.1) is 0 Å². The van der Waals surface area contributed by atoms with Crippen molar-refractivity contribution in [3.63, 3.8) is 0 Å². The van der Waals surface area contributed by atoms with Crippen LogP contribution in [0.15, 0.2) is 58.3 Å². The number of nitrogens with zero attached hydrogens (tertiary/aromatic N) is 1. The molecule has 0 saturated heterocycles. The van der Waals surface area contributed by atoms with Gasteiger partial charge in [-0.2, -0.15) is 5.10 Å². The van der Waals surface area contributed by atoms with Gasteiger partial charge in [-0.05, 0) is 42.8 Å². The normalized spacial score (nSPS) is 11.5. The summed E-state index contributed by atoms with van der Waals surface area (Å²) in [5, 5.41) is 7.05. The van der Waals surface area contributed by atoms with Crippen LogP contribution in [0.4, 0.5) is 0 Å². The van der Waals surface area contributed by atoms with Crippen LogP contribution in [0.1, 0.15) is 18.2 Å². The highest BCUT2D eigenvalue weighted by molar-refractivity contribution is 6.30. The maximum absolute atomic E-state index is 11.7. The van der Waals surface area contributed by atoms with Crippen molar-refractivity contribution < 1.29 is 14.0 Å². The number of carbonyl (C=O) groups excluding carboxylic acids is 2. The van der Waals surface area contributed by atoms with E-state index in [-0.39, 0.29) is 6.54 Å². The van der Waals surface area contributed by atoms with Gasteiger partial charge in [0.1, 0.15) is 5.76 Å². The van der Waals surface area contributed by atoms with Gasteiger partial charge in [0.05, 0.1) is 18.5 Å². The minimum atomic E-state index is -0.428. The number of hydrazone groups is 1. The molecule has 24 heavy (non-hydrogen) atoms. The largest absolute Gasteiger partial charge is 0.465 e. The monoisotopic (exact) mass is 345 g/mol. The summed E-state index contributed by atoms with van der Waals surface area (Å²) < 4.78 is 5.05. The van der Waals surface area contributed by atoms with Crippen LogP contribution < -0.4 is 10.7 Å². The van der Waals surface area contributed by atoms with Gasteiger partial charge in [0.2, 0.25) is 5.91 Å². The summed E-state index contributed by atoms with van der Waals surface area (Å²) in [7, 11) is 0. The molecule has 0 aliphatic heterocycles. The Kier molecular flexibility index (Phi) is 6.33. The number of hydrogen-bond acceptors (Lipinski definition) is 4. The number of benzene rings is 1. The second-order valence-electron chi connectivity index (χ2n) is 4.81. The third-order valence-electron chi connectivity index (χ3n) is 2.98. The van der Waals surface area contributed by atoms with Gasteiger partial charge in [-0.3, -0.25) is 9.59 Å². The number of halogens is 1. The van der Waals surface area contributed by atoms with Gasteiger partial charge in [0, 0.05) is 11.1 Å². The summed E-state index contributed by atoms with van der Waals surface area (Å²) in [6, 6.07) is 10.5. The maximum atomic E-state index is 11.7. The number of carbonyl (C=O) groups is 2. The van der Waals surface area contributed by atoms with Crippen LogP contribution in [0.5, 0.6) is 0 Å². The van der Waals surface area contributed by atoms with Gasteiger partial charge in [-0.1, -0.05) is 23.7 Å². The average Bonchev–Trinajstić information content (AvgIpc) is 3.10. The van der Waals surface area contributed by atoms with E-state index in [0.29, 0.717) is 16.5 Å². The van der Waals surface area contributed by atoms with Crippen LogP contribution in [0, 0.1) is 0 Å². The fourth-order valence-corrected chi connectivity index (χ4v) is 1.84. The molecule has 0 unspecified atom stereocenters. The number of nitrogens with one attached hydrogen (secondary N) is 2. The van der Waals surface area contributed by atoms with Crippen molar-refractivity contribution in [2.24, 2.45) is 5.10 Å². The Labute approximate surface area is 144 Å². The molecule has 2 amide bonds. The first-order valence-electron chi connectivity index (χ1n) is 7.13. The fourth-order valence-electron chi connectivity index (χ4n) is 1.71. The highest BCUT2D eigenvalue weighted by atomic mass is 35.5. The van der Waals surface area contributed by atoms with Gasteiger partial charge >= 0.3 is 0 Å². The second-order valence-corrected chi connectivity index (χ2v) is 5.24. The molecule has 0 fully saturated rings. The van der Waals surface area contributed by atoms with Gasteiger partial charge in [0.25, 0.3) is 5.91 Å². The quantitative estimate of drug-likeness (QED) is 0.479. The lowest BCUT2D eigenvalue weighted by molar-refractivity contribution is -0.123. The third-order valence-corrected chi connectivity index (χ3v) is 3.23. The van der Waals surface area contributed by atoms with Crippen molar-refractivity contribution in [2.75, 3.05) is 6.54 Å². The van der Waals surface area contributed by atoms with Gasteiger partial charge < -0.3 is 9.73 Å². The van der Waals surface area contributed by atoms with Crippen LogP contribution in [0.25, 0.3) is 6.08 Å². The molecular formula is C17H16ClN3O3. The van der Waals surface area contributed by atoms with Crippen molar-refractivity contribution >= 4 is 35.2 Å². The Balaban J connectivity index is 1.77. The van der Waals surface area contributed by atoms with E-state index in [1.54, 1.807) is 43.3 Å². The first-order chi connectivity index (χ1) is 11.5. The molecule has 0 radical (unpaired) electrons. The predicted molar refractivity (Wildman–Crippen MR) is 92.6 cm³/mol. The topological polar surface area (TPSA) is 83.7 Å². The summed E-state index contributed by atoms with van der Waals surface area (Å²) in [6.07, 6.45) is 4.30. The molecule has 0 aliphatic rings. The zero-order chi connectivity index (χ0) is 17.4. The average molecular weight is 346 g/mol. The van der Waals surface area contributed by atoms with Crippen molar-refractivity contribution in [3.05, 3.63) is 65.1 Å². The van der Waals surface area contributed by atoms with Crippen LogP contribution in [-0.4, -0.2) is 24.1 Å². The SMILES string of the molecule is CC(=NNC(=O)CNC(=O)/C=C/c1ccco1)c1ccc(Cl)cc1. The zero-order valence-corrected chi connectivity index (χ0v) is 13.7. The van der Waals surface area contributed by atoms with Crippen LogP contribution in [0.2, 0.25) is 5.02 Å². The maximum Gasteiger partial charge on any atom is 0.259 e. The van der Waals surface area contributed by atoms with Crippen molar-refractivity contribution in [1.29, 1.82) is 0 Å². The van der Waals surface area contributed by atoms with Crippen molar-refractivity contribution in [2.45, 2.75) is 6.92 Å². The fraction of sp³-hybridized carbons (Fsp3) is 0.118. The van der Waals surface area contributed by atoms with E-state index in [1.165, 1.54) is 18.4 Å². The molecule has 2 N–H and O–H groups in total. The van der Waals surface area contributed by atoms with Crippen LogP contribution in [-0.2, 0) is 9.59 Å². The van der Waals surface area contributed by atoms with E-state index in [1.807, 2.05) is 0 Å². The summed E-state index contributed by atoms with van der Waals surface area (Å²) in [4.78, 5) is 23.2. The molecule has 0 aliphatic carbocycles. The van der Waals surface area contributed by atoms with E-state index < -0.39 is 11.8 Å². The van der Waals surface area contributed by atoms with E-state index in [2.05, 4.69) is 15.8 Å². The predicted octanol–water partition coefficient (Wildman–Crippen LogP) is 2.60. The molecule has 1 aromatic carbocycles. The summed E-state index contributed by atoms with van der Waals surface area (Å²) in [6.45, 7) is 1.58. The lowest BCUT2D eigenvalue weighted by Gasteiger charge is -2.04. The van der Waals surface area contributed by atoms with Crippen molar-refractivity contribution in [3.8, 4) is 0 Å². The molecule has 2 rings (SSSR count). The Morgan fingerprint density at radius 3 is 2.67 bits per heavy atom. The highest BCUT2D eigenvalue weighted by Crippen LogP contribution is 2.10. The molecule has 124 valence electrons. The number of hydrogen-bond donors (Lipinski definition) is 2. The summed E-state index contributed by atoms with van der Waals surface area (Å²) >= 11 is 5.81. The second kappa shape index (κ2) is 8.69. The molecule has 1 aromatic heterocycles. The highest BCUT2D eigenvalue weighted by Gasteiger charge is 2.03. The van der Waals surface area contributed by atoms with E-state index in [9.17, 15) is 9.59 Å². The molecule has 0 bridgehead atoms. The Morgan fingerprint density at radius 2 is 2.00 bits per heavy atom. The number of amides is 2. The minimum absolute atomic E-state index is 0.182. The molecule has 1 heterocycles. The molecule has 0 spiro atoms.